The molecule has 19 heavy (non-hydrogen) atoms. The third kappa shape index (κ3) is 2.98. The first-order valence-electron chi connectivity index (χ1n) is 7.20. The highest BCUT2D eigenvalue weighted by Crippen LogP contribution is 2.24. The van der Waals surface area contributed by atoms with Crippen molar-refractivity contribution in [2.75, 3.05) is 6.54 Å². The Balaban J connectivity index is 2.06. The molecule has 0 spiro atoms. The number of carbonyl (C=O) groups excluding carboxylic acids is 1. The zero-order chi connectivity index (χ0) is 13.9. The van der Waals surface area contributed by atoms with E-state index in [1.54, 1.807) is 0 Å². The number of hydrogen-bond acceptors (Lipinski definition) is 2. The van der Waals surface area contributed by atoms with Crippen LogP contribution in [0.15, 0.2) is 24.3 Å². The van der Waals surface area contributed by atoms with Crippen molar-refractivity contribution in [3.8, 4) is 0 Å². The molecule has 0 aliphatic carbocycles. The molecule has 1 aromatic carbocycles. The Labute approximate surface area is 115 Å². The Morgan fingerprint density at radius 3 is 2.89 bits per heavy atom. The summed E-state index contributed by atoms with van der Waals surface area (Å²) in [6.45, 7) is 7.14. The quantitative estimate of drug-likeness (QED) is 0.874. The maximum absolute atomic E-state index is 12.5. The van der Waals surface area contributed by atoms with E-state index in [4.69, 9.17) is 0 Å². The lowest BCUT2D eigenvalue weighted by Crippen LogP contribution is -2.53. The SMILES string of the molecule is CCC1(C(=O)N[C@@H](C)c2cccc(C)c2)CCCN1. The molecule has 1 heterocycles. The predicted molar refractivity (Wildman–Crippen MR) is 78.0 cm³/mol. The maximum Gasteiger partial charge on any atom is 0.240 e. The number of hydrogen-bond donors (Lipinski definition) is 2. The summed E-state index contributed by atoms with van der Waals surface area (Å²) < 4.78 is 0. The molecule has 0 saturated carbocycles. The molecule has 2 N–H and O–H groups in total. The van der Waals surface area contributed by atoms with E-state index in [2.05, 4.69) is 42.7 Å². The topological polar surface area (TPSA) is 41.1 Å². The summed E-state index contributed by atoms with van der Waals surface area (Å²) in [5, 5.41) is 6.53. The largest absolute Gasteiger partial charge is 0.348 e. The summed E-state index contributed by atoms with van der Waals surface area (Å²) in [5.74, 6) is 0.140. The highest BCUT2D eigenvalue weighted by Gasteiger charge is 2.39. The van der Waals surface area contributed by atoms with Gasteiger partial charge in [0, 0.05) is 0 Å². The van der Waals surface area contributed by atoms with Crippen LogP contribution in [0.5, 0.6) is 0 Å². The van der Waals surface area contributed by atoms with Gasteiger partial charge in [-0.05, 0) is 45.2 Å². The molecule has 1 aromatic rings. The van der Waals surface area contributed by atoms with Crippen LogP contribution in [0.2, 0.25) is 0 Å². The normalized spacial score (nSPS) is 24.2. The lowest BCUT2D eigenvalue weighted by Gasteiger charge is -2.28. The van der Waals surface area contributed by atoms with Gasteiger partial charge in [-0.15, -0.1) is 0 Å². The van der Waals surface area contributed by atoms with Gasteiger partial charge in [-0.3, -0.25) is 4.79 Å². The molecule has 0 aromatic heterocycles. The summed E-state index contributed by atoms with van der Waals surface area (Å²) in [6.07, 6.45) is 2.87. The smallest absolute Gasteiger partial charge is 0.240 e. The maximum atomic E-state index is 12.5. The van der Waals surface area contributed by atoms with Crippen LogP contribution in [0.4, 0.5) is 0 Å². The fraction of sp³-hybridized carbons (Fsp3) is 0.562. The van der Waals surface area contributed by atoms with Crippen molar-refractivity contribution in [3.63, 3.8) is 0 Å². The Morgan fingerprint density at radius 1 is 1.53 bits per heavy atom. The molecular weight excluding hydrogens is 236 g/mol. The molecule has 1 fully saturated rings. The second kappa shape index (κ2) is 5.74. The zero-order valence-electron chi connectivity index (χ0n) is 12.1. The molecule has 1 aliphatic rings. The average molecular weight is 260 g/mol. The lowest BCUT2D eigenvalue weighted by atomic mass is 9.92. The molecular formula is C16H24N2O. The van der Waals surface area contributed by atoms with E-state index in [1.807, 2.05) is 13.0 Å². The molecule has 3 nitrogen and oxygen atoms in total. The van der Waals surface area contributed by atoms with Gasteiger partial charge in [0.1, 0.15) is 0 Å². The van der Waals surface area contributed by atoms with Gasteiger partial charge in [-0.1, -0.05) is 36.8 Å². The second-order valence-electron chi connectivity index (χ2n) is 5.58. The van der Waals surface area contributed by atoms with Crippen molar-refractivity contribution in [1.29, 1.82) is 0 Å². The van der Waals surface area contributed by atoms with E-state index in [1.165, 1.54) is 5.56 Å². The Kier molecular flexibility index (Phi) is 4.25. The molecule has 1 amide bonds. The fourth-order valence-corrected chi connectivity index (χ4v) is 2.82. The second-order valence-corrected chi connectivity index (χ2v) is 5.58. The third-order valence-electron chi connectivity index (χ3n) is 4.17. The van der Waals surface area contributed by atoms with Gasteiger partial charge < -0.3 is 10.6 Å². The Bertz CT molecular complexity index is 450. The summed E-state index contributed by atoms with van der Waals surface area (Å²) in [5.41, 5.74) is 2.04. The first-order valence-corrected chi connectivity index (χ1v) is 7.20. The minimum absolute atomic E-state index is 0.0539. The number of benzene rings is 1. The minimum Gasteiger partial charge on any atom is -0.348 e. The van der Waals surface area contributed by atoms with Crippen LogP contribution in [0.1, 0.15) is 50.3 Å². The number of amides is 1. The van der Waals surface area contributed by atoms with E-state index < -0.39 is 0 Å². The van der Waals surface area contributed by atoms with Crippen LogP contribution in [0.3, 0.4) is 0 Å². The number of carbonyl (C=O) groups is 1. The number of nitrogens with one attached hydrogen (secondary N) is 2. The van der Waals surface area contributed by atoms with Crippen LogP contribution >= 0.6 is 0 Å². The molecule has 3 heteroatoms. The van der Waals surface area contributed by atoms with Gasteiger partial charge in [0.2, 0.25) is 5.91 Å². The van der Waals surface area contributed by atoms with Crippen LogP contribution in [0.25, 0.3) is 0 Å². The third-order valence-corrected chi connectivity index (χ3v) is 4.17. The molecule has 0 radical (unpaired) electrons. The molecule has 1 saturated heterocycles. The Morgan fingerprint density at radius 2 is 2.32 bits per heavy atom. The van der Waals surface area contributed by atoms with Gasteiger partial charge in [0.15, 0.2) is 0 Å². The monoisotopic (exact) mass is 260 g/mol. The lowest BCUT2D eigenvalue weighted by molar-refractivity contribution is -0.128. The first kappa shape index (κ1) is 14.1. The average Bonchev–Trinajstić information content (AvgIpc) is 2.88. The molecule has 1 unspecified atom stereocenters. The van der Waals surface area contributed by atoms with Crippen LogP contribution in [-0.4, -0.2) is 18.0 Å². The standard InChI is InChI=1S/C16H24N2O/c1-4-16(9-6-10-17-16)15(19)18-13(3)14-8-5-7-12(2)11-14/h5,7-8,11,13,17H,4,6,9-10H2,1-3H3,(H,18,19)/t13-,16?/m0/s1. The Hall–Kier alpha value is -1.35. The highest BCUT2D eigenvalue weighted by molar-refractivity contribution is 5.87. The van der Waals surface area contributed by atoms with E-state index in [9.17, 15) is 4.79 Å². The molecule has 104 valence electrons. The summed E-state index contributed by atoms with van der Waals surface area (Å²) in [7, 11) is 0. The van der Waals surface area contributed by atoms with Crippen LogP contribution < -0.4 is 10.6 Å². The van der Waals surface area contributed by atoms with Crippen molar-refractivity contribution in [3.05, 3.63) is 35.4 Å². The zero-order valence-corrected chi connectivity index (χ0v) is 12.1. The minimum atomic E-state index is -0.349. The van der Waals surface area contributed by atoms with Crippen molar-refractivity contribution in [2.45, 2.75) is 51.6 Å². The van der Waals surface area contributed by atoms with Crippen molar-refractivity contribution in [1.82, 2.24) is 10.6 Å². The van der Waals surface area contributed by atoms with E-state index >= 15 is 0 Å². The molecule has 2 rings (SSSR count). The number of rotatable bonds is 4. The van der Waals surface area contributed by atoms with E-state index in [-0.39, 0.29) is 17.5 Å². The van der Waals surface area contributed by atoms with Gasteiger partial charge in [0.05, 0.1) is 11.6 Å². The van der Waals surface area contributed by atoms with Crippen molar-refractivity contribution in [2.24, 2.45) is 0 Å². The van der Waals surface area contributed by atoms with Gasteiger partial charge in [-0.25, -0.2) is 0 Å². The van der Waals surface area contributed by atoms with Gasteiger partial charge in [-0.2, -0.15) is 0 Å². The summed E-state index contributed by atoms with van der Waals surface area (Å²) in [4.78, 5) is 12.5. The van der Waals surface area contributed by atoms with Gasteiger partial charge >= 0.3 is 0 Å². The number of aryl methyl sites for hydroxylation is 1. The van der Waals surface area contributed by atoms with Crippen molar-refractivity contribution >= 4 is 5.91 Å². The first-order chi connectivity index (χ1) is 9.07. The van der Waals surface area contributed by atoms with Crippen molar-refractivity contribution < 1.29 is 4.79 Å². The fourth-order valence-electron chi connectivity index (χ4n) is 2.82. The van der Waals surface area contributed by atoms with Crippen LogP contribution in [0, 0.1) is 6.92 Å². The predicted octanol–water partition coefficient (Wildman–Crippen LogP) is 2.70. The van der Waals surface area contributed by atoms with Gasteiger partial charge in [0.25, 0.3) is 0 Å². The molecule has 2 atom stereocenters. The summed E-state index contributed by atoms with van der Waals surface area (Å²) >= 11 is 0. The summed E-state index contributed by atoms with van der Waals surface area (Å²) in [6, 6.07) is 8.36. The highest BCUT2D eigenvalue weighted by atomic mass is 16.2. The van der Waals surface area contributed by atoms with E-state index in [0.717, 1.165) is 31.4 Å². The van der Waals surface area contributed by atoms with E-state index in [0.29, 0.717) is 0 Å². The molecule has 1 aliphatic heterocycles. The molecule has 0 bridgehead atoms. The van der Waals surface area contributed by atoms with Crippen LogP contribution in [-0.2, 0) is 4.79 Å².